The summed E-state index contributed by atoms with van der Waals surface area (Å²) >= 11 is 1.62. The van der Waals surface area contributed by atoms with Crippen LogP contribution in [0.4, 0.5) is 0 Å². The number of hydrogen-bond donors (Lipinski definition) is 2. The second kappa shape index (κ2) is 7.79. The Bertz CT molecular complexity index is 453. The highest BCUT2D eigenvalue weighted by molar-refractivity contribution is 7.99. The fourth-order valence-electron chi connectivity index (χ4n) is 1.80. The van der Waals surface area contributed by atoms with Crippen LogP contribution in [0.15, 0.2) is 30.3 Å². The van der Waals surface area contributed by atoms with Gasteiger partial charge in [-0.1, -0.05) is 18.2 Å². The Labute approximate surface area is 122 Å². The normalized spacial score (nSPS) is 18.8. The highest BCUT2D eigenvalue weighted by Crippen LogP contribution is 2.10. The molecule has 0 unspecified atom stereocenters. The van der Waals surface area contributed by atoms with Crippen LogP contribution in [0, 0.1) is 0 Å². The summed E-state index contributed by atoms with van der Waals surface area (Å²) in [5.74, 6) is 1.96. The molecule has 0 bridgehead atoms. The van der Waals surface area contributed by atoms with Crippen LogP contribution in [-0.2, 0) is 9.59 Å². The summed E-state index contributed by atoms with van der Waals surface area (Å²) in [6.07, 6.45) is 0.478. The average Bonchev–Trinajstić information content (AvgIpc) is 2.69. The molecular weight excluding hydrogens is 276 g/mol. The molecule has 1 aliphatic rings. The summed E-state index contributed by atoms with van der Waals surface area (Å²) in [4.78, 5) is 23.3. The standard InChI is InChI=1S/C14H18N2O3S/c17-13-6-9-20-10-12(16-13)14(18)15-7-8-19-11-4-2-1-3-5-11/h1-5,12H,6-10H2,(H,15,18)(H,16,17)/t12-/m1/s1. The van der Waals surface area contributed by atoms with Crippen molar-refractivity contribution in [3.63, 3.8) is 0 Å². The fourth-order valence-corrected chi connectivity index (χ4v) is 2.77. The summed E-state index contributed by atoms with van der Waals surface area (Å²) in [6.45, 7) is 0.828. The molecule has 2 rings (SSSR count). The number of amides is 2. The number of ether oxygens (including phenoxy) is 1. The predicted molar refractivity (Wildman–Crippen MR) is 78.8 cm³/mol. The topological polar surface area (TPSA) is 67.4 Å². The predicted octanol–water partition coefficient (Wildman–Crippen LogP) is 0.803. The fraction of sp³-hybridized carbons (Fsp3) is 0.429. The molecule has 2 N–H and O–H groups in total. The molecule has 20 heavy (non-hydrogen) atoms. The zero-order chi connectivity index (χ0) is 14.2. The monoisotopic (exact) mass is 294 g/mol. The first-order valence-corrected chi connectivity index (χ1v) is 7.74. The van der Waals surface area contributed by atoms with Crippen LogP contribution in [-0.4, -0.2) is 42.5 Å². The maximum atomic E-state index is 11.9. The van der Waals surface area contributed by atoms with E-state index in [-0.39, 0.29) is 11.8 Å². The molecule has 0 aromatic heterocycles. The van der Waals surface area contributed by atoms with Gasteiger partial charge < -0.3 is 15.4 Å². The van der Waals surface area contributed by atoms with E-state index >= 15 is 0 Å². The van der Waals surface area contributed by atoms with E-state index in [4.69, 9.17) is 4.74 Å². The van der Waals surface area contributed by atoms with Crippen LogP contribution in [0.2, 0.25) is 0 Å². The van der Waals surface area contributed by atoms with Crippen molar-refractivity contribution in [3.05, 3.63) is 30.3 Å². The van der Waals surface area contributed by atoms with Crippen molar-refractivity contribution < 1.29 is 14.3 Å². The lowest BCUT2D eigenvalue weighted by Gasteiger charge is -2.15. The first-order valence-electron chi connectivity index (χ1n) is 6.58. The van der Waals surface area contributed by atoms with E-state index in [2.05, 4.69) is 10.6 Å². The first-order chi connectivity index (χ1) is 9.75. The number of rotatable bonds is 5. The Kier molecular flexibility index (Phi) is 5.73. The van der Waals surface area contributed by atoms with Crippen LogP contribution in [0.25, 0.3) is 0 Å². The largest absolute Gasteiger partial charge is 0.492 e. The molecule has 1 aromatic carbocycles. The smallest absolute Gasteiger partial charge is 0.243 e. The van der Waals surface area contributed by atoms with Crippen LogP contribution >= 0.6 is 11.8 Å². The van der Waals surface area contributed by atoms with Gasteiger partial charge in [0.15, 0.2) is 0 Å². The lowest BCUT2D eigenvalue weighted by atomic mass is 10.3. The number of hydrogen-bond acceptors (Lipinski definition) is 4. The van der Waals surface area contributed by atoms with E-state index in [9.17, 15) is 9.59 Å². The molecule has 5 nitrogen and oxygen atoms in total. The van der Waals surface area contributed by atoms with Crippen LogP contribution in [0.5, 0.6) is 5.75 Å². The molecular formula is C14H18N2O3S. The number of nitrogens with one attached hydrogen (secondary N) is 2. The molecule has 0 saturated carbocycles. The van der Waals surface area contributed by atoms with Crippen molar-refractivity contribution in [2.24, 2.45) is 0 Å². The molecule has 1 atom stereocenters. The molecule has 1 aliphatic heterocycles. The average molecular weight is 294 g/mol. The van der Waals surface area contributed by atoms with Gasteiger partial charge in [-0.15, -0.1) is 0 Å². The molecule has 0 radical (unpaired) electrons. The Balaban J connectivity index is 1.68. The van der Waals surface area contributed by atoms with Crippen LogP contribution < -0.4 is 15.4 Å². The molecule has 1 aromatic rings. The van der Waals surface area contributed by atoms with Crippen molar-refractivity contribution >= 4 is 23.6 Å². The van der Waals surface area contributed by atoms with Crippen molar-refractivity contribution in [2.45, 2.75) is 12.5 Å². The Morgan fingerprint density at radius 2 is 2.20 bits per heavy atom. The maximum Gasteiger partial charge on any atom is 0.243 e. The van der Waals surface area contributed by atoms with Gasteiger partial charge in [-0.2, -0.15) is 11.8 Å². The van der Waals surface area contributed by atoms with E-state index < -0.39 is 6.04 Å². The minimum Gasteiger partial charge on any atom is -0.492 e. The van der Waals surface area contributed by atoms with E-state index in [0.29, 0.717) is 25.3 Å². The quantitative estimate of drug-likeness (QED) is 0.789. The highest BCUT2D eigenvalue weighted by atomic mass is 32.2. The van der Waals surface area contributed by atoms with E-state index in [0.717, 1.165) is 11.5 Å². The van der Waals surface area contributed by atoms with Gasteiger partial charge in [0, 0.05) is 17.9 Å². The van der Waals surface area contributed by atoms with Gasteiger partial charge in [-0.05, 0) is 12.1 Å². The zero-order valence-corrected chi connectivity index (χ0v) is 11.9. The molecule has 0 spiro atoms. The lowest BCUT2D eigenvalue weighted by Crippen LogP contribution is -2.48. The second-order valence-electron chi connectivity index (χ2n) is 4.40. The maximum absolute atomic E-state index is 11.9. The Morgan fingerprint density at radius 1 is 1.40 bits per heavy atom. The van der Waals surface area contributed by atoms with E-state index in [1.54, 1.807) is 11.8 Å². The van der Waals surface area contributed by atoms with Crippen molar-refractivity contribution in [2.75, 3.05) is 24.7 Å². The summed E-state index contributed by atoms with van der Waals surface area (Å²) in [6, 6.07) is 9.00. The van der Waals surface area contributed by atoms with Gasteiger partial charge in [0.2, 0.25) is 11.8 Å². The molecule has 108 valence electrons. The number of benzene rings is 1. The molecule has 6 heteroatoms. The van der Waals surface area contributed by atoms with Gasteiger partial charge in [-0.25, -0.2) is 0 Å². The Morgan fingerprint density at radius 3 is 3.00 bits per heavy atom. The summed E-state index contributed by atoms with van der Waals surface area (Å²) in [7, 11) is 0. The van der Waals surface area contributed by atoms with Gasteiger partial charge >= 0.3 is 0 Å². The van der Waals surface area contributed by atoms with Crippen molar-refractivity contribution in [1.82, 2.24) is 10.6 Å². The minimum absolute atomic E-state index is 0.0596. The van der Waals surface area contributed by atoms with E-state index in [1.165, 1.54) is 0 Å². The number of para-hydroxylation sites is 1. The molecule has 1 fully saturated rings. The molecule has 2 amide bonds. The van der Waals surface area contributed by atoms with Crippen LogP contribution in [0.1, 0.15) is 6.42 Å². The number of carbonyl (C=O) groups excluding carboxylic acids is 2. The van der Waals surface area contributed by atoms with Crippen molar-refractivity contribution in [3.8, 4) is 5.75 Å². The zero-order valence-electron chi connectivity index (χ0n) is 11.1. The van der Waals surface area contributed by atoms with Crippen molar-refractivity contribution in [1.29, 1.82) is 0 Å². The van der Waals surface area contributed by atoms with Gasteiger partial charge in [0.1, 0.15) is 18.4 Å². The SMILES string of the molecule is O=C1CCSC[C@H](C(=O)NCCOc2ccccc2)N1. The third kappa shape index (κ3) is 4.77. The Hall–Kier alpha value is -1.69. The minimum atomic E-state index is -0.438. The van der Waals surface area contributed by atoms with Gasteiger partial charge in [0.05, 0.1) is 6.54 Å². The summed E-state index contributed by atoms with van der Waals surface area (Å²) < 4.78 is 5.48. The van der Waals surface area contributed by atoms with Gasteiger partial charge in [-0.3, -0.25) is 9.59 Å². The second-order valence-corrected chi connectivity index (χ2v) is 5.55. The molecule has 1 saturated heterocycles. The van der Waals surface area contributed by atoms with Crippen LogP contribution in [0.3, 0.4) is 0 Å². The molecule has 0 aliphatic carbocycles. The third-order valence-electron chi connectivity index (χ3n) is 2.82. The van der Waals surface area contributed by atoms with E-state index in [1.807, 2.05) is 30.3 Å². The molecule has 1 heterocycles. The summed E-state index contributed by atoms with van der Waals surface area (Å²) in [5, 5.41) is 5.50. The van der Waals surface area contributed by atoms with Gasteiger partial charge in [0.25, 0.3) is 0 Å². The number of carbonyl (C=O) groups is 2. The number of thioether (sulfide) groups is 1. The summed E-state index contributed by atoms with van der Waals surface area (Å²) in [5.41, 5.74) is 0. The highest BCUT2D eigenvalue weighted by Gasteiger charge is 2.22. The lowest BCUT2D eigenvalue weighted by molar-refractivity contribution is -0.128. The third-order valence-corrected chi connectivity index (χ3v) is 3.88. The first kappa shape index (κ1) is 14.7.